The molecule has 1 aliphatic rings. The maximum absolute atomic E-state index is 9.10. The van der Waals surface area contributed by atoms with Gasteiger partial charge in [0, 0.05) is 32.7 Å². The molecule has 0 amide bonds. The fourth-order valence-electron chi connectivity index (χ4n) is 2.59. The lowest BCUT2D eigenvalue weighted by Crippen LogP contribution is -2.47. The highest BCUT2D eigenvalue weighted by Gasteiger charge is 2.19. The van der Waals surface area contributed by atoms with Crippen LogP contribution in [0, 0.1) is 5.92 Å². The van der Waals surface area contributed by atoms with E-state index in [4.69, 9.17) is 16.7 Å². The number of rotatable bonds is 4. The first-order chi connectivity index (χ1) is 9.10. The van der Waals surface area contributed by atoms with Crippen molar-refractivity contribution in [3.63, 3.8) is 0 Å². The molecule has 0 unspecified atom stereocenters. The summed E-state index contributed by atoms with van der Waals surface area (Å²) in [6.07, 6.45) is 0. The van der Waals surface area contributed by atoms with Gasteiger partial charge in [0.05, 0.1) is 17.3 Å². The molecule has 2 rings (SSSR count). The van der Waals surface area contributed by atoms with Crippen LogP contribution in [0.15, 0.2) is 18.2 Å². The zero-order valence-electron chi connectivity index (χ0n) is 11.8. The second-order valence-corrected chi connectivity index (χ2v) is 6.03. The fraction of sp³-hybridized carbons (Fsp3) is 0.600. The number of anilines is 1. The highest BCUT2D eigenvalue weighted by Crippen LogP contribution is 2.27. The summed E-state index contributed by atoms with van der Waals surface area (Å²) in [5, 5.41) is 9.84. The van der Waals surface area contributed by atoms with Gasteiger partial charge in [0.15, 0.2) is 0 Å². The second-order valence-electron chi connectivity index (χ2n) is 5.63. The number of halogens is 1. The molecule has 1 heterocycles. The Hall–Kier alpha value is -0.770. The number of nitrogens with zero attached hydrogens (tertiary/aromatic N) is 2. The van der Waals surface area contributed by atoms with Gasteiger partial charge in [0.1, 0.15) is 0 Å². The first-order valence-electron chi connectivity index (χ1n) is 6.96. The molecule has 0 saturated carbocycles. The SMILES string of the molecule is CC(C)CN1CCN(c2ccc(CO)cc2Cl)CC1. The first-order valence-corrected chi connectivity index (χ1v) is 7.34. The molecule has 0 radical (unpaired) electrons. The summed E-state index contributed by atoms with van der Waals surface area (Å²) in [4.78, 5) is 4.84. The third kappa shape index (κ3) is 3.85. The van der Waals surface area contributed by atoms with Crippen LogP contribution in [0.4, 0.5) is 5.69 Å². The Labute approximate surface area is 120 Å². The number of hydrogen-bond donors (Lipinski definition) is 1. The van der Waals surface area contributed by atoms with Gasteiger partial charge in [-0.1, -0.05) is 31.5 Å². The van der Waals surface area contributed by atoms with Crippen LogP contribution in [0.5, 0.6) is 0 Å². The summed E-state index contributed by atoms with van der Waals surface area (Å²) in [5.74, 6) is 0.721. The minimum Gasteiger partial charge on any atom is -0.392 e. The summed E-state index contributed by atoms with van der Waals surface area (Å²) < 4.78 is 0. The lowest BCUT2D eigenvalue weighted by molar-refractivity contribution is 0.231. The van der Waals surface area contributed by atoms with E-state index in [9.17, 15) is 0 Å². The molecule has 1 N–H and O–H groups in total. The van der Waals surface area contributed by atoms with Crippen LogP contribution in [-0.4, -0.2) is 42.7 Å². The highest BCUT2D eigenvalue weighted by molar-refractivity contribution is 6.33. The maximum atomic E-state index is 9.10. The Bertz CT molecular complexity index is 415. The third-order valence-corrected chi connectivity index (χ3v) is 3.83. The van der Waals surface area contributed by atoms with Gasteiger partial charge in [0.25, 0.3) is 0 Å². The Morgan fingerprint density at radius 2 is 1.89 bits per heavy atom. The predicted octanol–water partition coefficient (Wildman–Crippen LogP) is 2.61. The Balaban J connectivity index is 1.97. The summed E-state index contributed by atoms with van der Waals surface area (Å²) in [6.45, 7) is 9.96. The number of piperazine rings is 1. The van der Waals surface area contributed by atoms with Gasteiger partial charge in [0.2, 0.25) is 0 Å². The Morgan fingerprint density at radius 1 is 1.21 bits per heavy atom. The van der Waals surface area contributed by atoms with E-state index >= 15 is 0 Å². The van der Waals surface area contributed by atoms with Crippen LogP contribution in [0.25, 0.3) is 0 Å². The van der Waals surface area contributed by atoms with Gasteiger partial charge in [-0.05, 0) is 23.6 Å². The summed E-state index contributed by atoms with van der Waals surface area (Å²) in [6, 6.07) is 5.82. The molecule has 0 aliphatic carbocycles. The van der Waals surface area contributed by atoms with E-state index in [0.717, 1.165) is 48.4 Å². The Morgan fingerprint density at radius 3 is 2.42 bits per heavy atom. The fourth-order valence-corrected chi connectivity index (χ4v) is 2.92. The van der Waals surface area contributed by atoms with E-state index in [1.54, 1.807) is 0 Å². The summed E-state index contributed by atoms with van der Waals surface area (Å²) >= 11 is 6.30. The molecular formula is C15H23ClN2O. The lowest BCUT2D eigenvalue weighted by atomic mass is 10.1. The van der Waals surface area contributed by atoms with Crippen molar-refractivity contribution >= 4 is 17.3 Å². The van der Waals surface area contributed by atoms with Crippen molar-refractivity contribution in [2.75, 3.05) is 37.6 Å². The smallest absolute Gasteiger partial charge is 0.0682 e. The van der Waals surface area contributed by atoms with Gasteiger partial charge in [-0.3, -0.25) is 4.90 Å². The maximum Gasteiger partial charge on any atom is 0.0682 e. The lowest BCUT2D eigenvalue weighted by Gasteiger charge is -2.37. The number of hydrogen-bond acceptors (Lipinski definition) is 3. The average molecular weight is 283 g/mol. The molecule has 106 valence electrons. The first kappa shape index (κ1) is 14.6. The van der Waals surface area contributed by atoms with Crippen molar-refractivity contribution in [3.8, 4) is 0 Å². The molecule has 3 nitrogen and oxygen atoms in total. The van der Waals surface area contributed by atoms with E-state index in [0.29, 0.717) is 0 Å². The van der Waals surface area contributed by atoms with E-state index in [-0.39, 0.29) is 6.61 Å². The molecule has 1 aromatic carbocycles. The topological polar surface area (TPSA) is 26.7 Å². The summed E-state index contributed by atoms with van der Waals surface area (Å²) in [7, 11) is 0. The van der Waals surface area contributed by atoms with E-state index in [2.05, 4.69) is 23.6 Å². The minimum atomic E-state index is 0.0438. The van der Waals surface area contributed by atoms with Crippen molar-refractivity contribution in [3.05, 3.63) is 28.8 Å². The van der Waals surface area contributed by atoms with Gasteiger partial charge in [-0.15, -0.1) is 0 Å². The standard InChI is InChI=1S/C15H23ClN2O/c1-12(2)10-17-5-7-18(8-6-17)15-4-3-13(11-19)9-14(15)16/h3-4,9,12,19H,5-8,10-11H2,1-2H3. The van der Waals surface area contributed by atoms with E-state index in [1.807, 2.05) is 18.2 Å². The van der Waals surface area contributed by atoms with Gasteiger partial charge in [-0.2, -0.15) is 0 Å². The van der Waals surface area contributed by atoms with Crippen molar-refractivity contribution in [2.45, 2.75) is 20.5 Å². The molecule has 1 saturated heterocycles. The van der Waals surface area contributed by atoms with Crippen LogP contribution in [0.3, 0.4) is 0 Å². The largest absolute Gasteiger partial charge is 0.392 e. The molecule has 1 aliphatic heterocycles. The van der Waals surface area contributed by atoms with Crippen LogP contribution in [0.1, 0.15) is 19.4 Å². The predicted molar refractivity (Wildman–Crippen MR) is 80.9 cm³/mol. The molecule has 0 spiro atoms. The normalized spacial score (nSPS) is 17.2. The van der Waals surface area contributed by atoms with Crippen molar-refractivity contribution < 1.29 is 5.11 Å². The third-order valence-electron chi connectivity index (χ3n) is 3.53. The molecule has 1 fully saturated rings. The number of benzene rings is 1. The zero-order valence-corrected chi connectivity index (χ0v) is 12.5. The van der Waals surface area contributed by atoms with E-state index < -0.39 is 0 Å². The molecule has 0 atom stereocenters. The van der Waals surface area contributed by atoms with Crippen LogP contribution in [0.2, 0.25) is 5.02 Å². The van der Waals surface area contributed by atoms with Crippen LogP contribution in [-0.2, 0) is 6.61 Å². The van der Waals surface area contributed by atoms with Crippen molar-refractivity contribution in [1.29, 1.82) is 0 Å². The van der Waals surface area contributed by atoms with Crippen LogP contribution >= 0.6 is 11.6 Å². The van der Waals surface area contributed by atoms with Crippen molar-refractivity contribution in [2.24, 2.45) is 5.92 Å². The van der Waals surface area contributed by atoms with Crippen LogP contribution < -0.4 is 4.90 Å². The minimum absolute atomic E-state index is 0.0438. The number of aliphatic hydroxyl groups is 1. The quantitative estimate of drug-likeness (QED) is 0.920. The molecule has 0 bridgehead atoms. The van der Waals surface area contributed by atoms with E-state index in [1.165, 1.54) is 6.54 Å². The summed E-state index contributed by atoms with van der Waals surface area (Å²) in [5.41, 5.74) is 1.95. The molecule has 19 heavy (non-hydrogen) atoms. The van der Waals surface area contributed by atoms with Gasteiger partial charge < -0.3 is 10.0 Å². The monoisotopic (exact) mass is 282 g/mol. The highest BCUT2D eigenvalue weighted by atomic mass is 35.5. The van der Waals surface area contributed by atoms with Gasteiger partial charge in [-0.25, -0.2) is 0 Å². The molecule has 1 aromatic rings. The van der Waals surface area contributed by atoms with Gasteiger partial charge >= 0.3 is 0 Å². The molecular weight excluding hydrogens is 260 g/mol. The van der Waals surface area contributed by atoms with Crippen molar-refractivity contribution in [1.82, 2.24) is 4.90 Å². The number of aliphatic hydroxyl groups excluding tert-OH is 1. The average Bonchev–Trinajstić information content (AvgIpc) is 2.39. The Kier molecular flexibility index (Phi) is 5.08. The second kappa shape index (κ2) is 6.60. The molecule has 4 heteroatoms. The zero-order chi connectivity index (χ0) is 13.8. The molecule has 0 aromatic heterocycles.